The molecule has 0 bridgehead atoms. The first kappa shape index (κ1) is 12.7. The number of carbonyl (C=O) groups excluding carboxylic acids is 1. The zero-order valence-corrected chi connectivity index (χ0v) is 10.7. The van der Waals surface area contributed by atoms with Crippen molar-refractivity contribution in [3.63, 3.8) is 0 Å². The van der Waals surface area contributed by atoms with Crippen LogP contribution in [0.1, 0.15) is 23.7 Å². The van der Waals surface area contributed by atoms with Crippen LogP contribution in [0.4, 0.5) is 11.4 Å². The van der Waals surface area contributed by atoms with E-state index >= 15 is 0 Å². The van der Waals surface area contributed by atoms with Crippen LogP contribution in [0.2, 0.25) is 0 Å². The van der Waals surface area contributed by atoms with Gasteiger partial charge in [-0.15, -0.1) is 0 Å². The maximum Gasteiger partial charge on any atom is 0.251 e. The second-order valence-electron chi connectivity index (χ2n) is 5.02. The molecule has 1 heterocycles. The molecular weight excluding hydrogens is 230 g/mol. The summed E-state index contributed by atoms with van der Waals surface area (Å²) in [5.41, 5.74) is 7.28. The second-order valence-corrected chi connectivity index (χ2v) is 5.02. The van der Waals surface area contributed by atoms with E-state index in [2.05, 4.69) is 5.32 Å². The first-order valence-corrected chi connectivity index (χ1v) is 6.02. The lowest BCUT2D eigenvalue weighted by molar-refractivity contribution is 0.0839. The van der Waals surface area contributed by atoms with Crippen LogP contribution < -0.4 is 16.0 Å². The number of benzene rings is 1. The summed E-state index contributed by atoms with van der Waals surface area (Å²) in [5.74, 6) is -0.137. The van der Waals surface area contributed by atoms with Gasteiger partial charge in [0.05, 0.1) is 17.0 Å². The number of nitrogens with one attached hydrogen (secondary N) is 1. The first-order valence-electron chi connectivity index (χ1n) is 6.02. The number of rotatable bonds is 2. The summed E-state index contributed by atoms with van der Waals surface area (Å²) in [5, 5.41) is 12.6. The fraction of sp³-hybridized carbons (Fsp3) is 0.462. The molecular formula is C13H19N3O2. The number of aliphatic hydroxyl groups is 1. The van der Waals surface area contributed by atoms with Gasteiger partial charge in [0.2, 0.25) is 0 Å². The Bertz CT molecular complexity index is 471. The minimum Gasteiger partial charge on any atom is -0.397 e. The van der Waals surface area contributed by atoms with E-state index in [1.54, 1.807) is 25.2 Å². The van der Waals surface area contributed by atoms with Crippen molar-refractivity contribution in [3.05, 3.63) is 23.8 Å². The number of hydrogen-bond acceptors (Lipinski definition) is 4. The van der Waals surface area contributed by atoms with Crippen LogP contribution >= 0.6 is 0 Å². The predicted octanol–water partition coefficient (Wildman–Crippen LogP) is 0.590. The van der Waals surface area contributed by atoms with Crippen molar-refractivity contribution in [1.82, 2.24) is 5.32 Å². The number of β-amino-alcohol motifs (C(OH)–C–C–N with tert-alkyl or cyclic N) is 1. The van der Waals surface area contributed by atoms with Crippen LogP contribution in [0.25, 0.3) is 0 Å². The van der Waals surface area contributed by atoms with Crippen molar-refractivity contribution in [1.29, 1.82) is 0 Å². The Balaban J connectivity index is 2.30. The number of carbonyl (C=O) groups is 1. The third-order valence-electron chi connectivity index (χ3n) is 3.31. The summed E-state index contributed by atoms with van der Waals surface area (Å²) in [7, 11) is 1.60. The Morgan fingerprint density at radius 1 is 1.56 bits per heavy atom. The fourth-order valence-electron chi connectivity index (χ4n) is 2.25. The van der Waals surface area contributed by atoms with Crippen LogP contribution in [0, 0.1) is 0 Å². The largest absolute Gasteiger partial charge is 0.397 e. The SMILES string of the molecule is CNC(=O)c1ccc(N)c(N2CCC(C)(O)C2)c1. The summed E-state index contributed by atoms with van der Waals surface area (Å²) >= 11 is 0. The highest BCUT2D eigenvalue weighted by molar-refractivity contribution is 5.96. The highest BCUT2D eigenvalue weighted by Gasteiger charge is 2.32. The maximum atomic E-state index is 11.6. The molecule has 5 heteroatoms. The van der Waals surface area contributed by atoms with Crippen molar-refractivity contribution < 1.29 is 9.90 Å². The lowest BCUT2D eigenvalue weighted by atomic mass is 10.1. The van der Waals surface area contributed by atoms with Gasteiger partial charge in [-0.25, -0.2) is 0 Å². The molecule has 18 heavy (non-hydrogen) atoms. The van der Waals surface area contributed by atoms with E-state index in [1.165, 1.54) is 0 Å². The Kier molecular flexibility index (Phi) is 3.17. The van der Waals surface area contributed by atoms with Gasteiger partial charge in [-0.05, 0) is 31.5 Å². The lowest BCUT2D eigenvalue weighted by Gasteiger charge is -2.22. The molecule has 0 radical (unpaired) electrons. The molecule has 0 spiro atoms. The molecule has 0 aliphatic carbocycles. The van der Waals surface area contributed by atoms with Gasteiger partial charge in [0.1, 0.15) is 0 Å². The molecule has 1 amide bonds. The zero-order chi connectivity index (χ0) is 13.3. The van der Waals surface area contributed by atoms with E-state index in [0.29, 0.717) is 24.2 Å². The monoisotopic (exact) mass is 249 g/mol. The van der Waals surface area contributed by atoms with Crippen molar-refractivity contribution in [2.24, 2.45) is 0 Å². The Morgan fingerprint density at radius 3 is 2.83 bits per heavy atom. The van der Waals surface area contributed by atoms with E-state index in [4.69, 9.17) is 5.73 Å². The standard InChI is InChI=1S/C13H19N3O2/c1-13(18)5-6-16(8-13)11-7-9(12(17)15-2)3-4-10(11)14/h3-4,7,18H,5-6,8,14H2,1-2H3,(H,15,17). The van der Waals surface area contributed by atoms with Crippen molar-refractivity contribution in [3.8, 4) is 0 Å². The Labute approximate surface area is 107 Å². The molecule has 1 atom stereocenters. The minimum atomic E-state index is -0.685. The van der Waals surface area contributed by atoms with E-state index in [-0.39, 0.29) is 5.91 Å². The quantitative estimate of drug-likeness (QED) is 0.670. The lowest BCUT2D eigenvalue weighted by Crippen LogP contribution is -2.30. The van der Waals surface area contributed by atoms with Gasteiger partial charge in [-0.3, -0.25) is 4.79 Å². The van der Waals surface area contributed by atoms with Gasteiger partial charge < -0.3 is 21.1 Å². The van der Waals surface area contributed by atoms with E-state index in [0.717, 1.165) is 12.2 Å². The minimum absolute atomic E-state index is 0.137. The van der Waals surface area contributed by atoms with Crippen LogP contribution in [-0.4, -0.2) is 36.8 Å². The predicted molar refractivity (Wildman–Crippen MR) is 71.7 cm³/mol. The molecule has 1 fully saturated rings. The average molecular weight is 249 g/mol. The topological polar surface area (TPSA) is 78.6 Å². The highest BCUT2D eigenvalue weighted by atomic mass is 16.3. The summed E-state index contributed by atoms with van der Waals surface area (Å²) in [4.78, 5) is 13.6. The first-order chi connectivity index (χ1) is 8.43. The van der Waals surface area contributed by atoms with Gasteiger partial charge in [0, 0.05) is 25.7 Å². The normalized spacial score (nSPS) is 23.2. The third-order valence-corrected chi connectivity index (χ3v) is 3.31. The van der Waals surface area contributed by atoms with Crippen LogP contribution in [0.3, 0.4) is 0 Å². The average Bonchev–Trinajstić information content (AvgIpc) is 2.69. The molecule has 98 valence electrons. The molecule has 2 rings (SSSR count). The second kappa shape index (κ2) is 4.49. The Morgan fingerprint density at radius 2 is 2.28 bits per heavy atom. The molecule has 0 aromatic heterocycles. The molecule has 4 N–H and O–H groups in total. The Hall–Kier alpha value is -1.75. The summed E-state index contributed by atoms with van der Waals surface area (Å²) in [6.07, 6.45) is 0.705. The number of nitrogen functional groups attached to an aromatic ring is 1. The summed E-state index contributed by atoms with van der Waals surface area (Å²) in [6.45, 7) is 3.09. The van der Waals surface area contributed by atoms with E-state index < -0.39 is 5.60 Å². The van der Waals surface area contributed by atoms with Crippen molar-refractivity contribution in [2.75, 3.05) is 30.8 Å². The van der Waals surface area contributed by atoms with E-state index in [9.17, 15) is 9.90 Å². The van der Waals surface area contributed by atoms with Gasteiger partial charge in [-0.1, -0.05) is 0 Å². The maximum absolute atomic E-state index is 11.6. The fourth-order valence-corrected chi connectivity index (χ4v) is 2.25. The number of amides is 1. The molecule has 1 aromatic carbocycles. The van der Waals surface area contributed by atoms with Gasteiger partial charge in [-0.2, -0.15) is 0 Å². The molecule has 1 aromatic rings. The van der Waals surface area contributed by atoms with Gasteiger partial charge in [0.15, 0.2) is 0 Å². The molecule has 1 aliphatic rings. The number of anilines is 2. The number of nitrogens with two attached hydrogens (primary N) is 1. The number of nitrogens with zero attached hydrogens (tertiary/aromatic N) is 1. The van der Waals surface area contributed by atoms with Crippen LogP contribution in [0.5, 0.6) is 0 Å². The summed E-state index contributed by atoms with van der Waals surface area (Å²) < 4.78 is 0. The van der Waals surface area contributed by atoms with Crippen LogP contribution in [-0.2, 0) is 0 Å². The molecule has 1 aliphatic heterocycles. The molecule has 1 unspecified atom stereocenters. The number of hydrogen-bond donors (Lipinski definition) is 3. The summed E-state index contributed by atoms with van der Waals surface area (Å²) in [6, 6.07) is 5.20. The highest BCUT2D eigenvalue weighted by Crippen LogP contribution is 2.31. The van der Waals surface area contributed by atoms with Crippen molar-refractivity contribution >= 4 is 17.3 Å². The zero-order valence-electron chi connectivity index (χ0n) is 10.7. The van der Waals surface area contributed by atoms with Crippen molar-refractivity contribution in [2.45, 2.75) is 18.9 Å². The van der Waals surface area contributed by atoms with Gasteiger partial charge in [0.25, 0.3) is 5.91 Å². The molecule has 5 nitrogen and oxygen atoms in total. The molecule has 0 saturated carbocycles. The van der Waals surface area contributed by atoms with Crippen LogP contribution in [0.15, 0.2) is 18.2 Å². The molecule has 1 saturated heterocycles. The van der Waals surface area contributed by atoms with Gasteiger partial charge >= 0.3 is 0 Å². The third kappa shape index (κ3) is 2.41. The smallest absolute Gasteiger partial charge is 0.251 e. The van der Waals surface area contributed by atoms with E-state index in [1.807, 2.05) is 11.8 Å².